The minimum Gasteiger partial charge on any atom is -0.298 e. The summed E-state index contributed by atoms with van der Waals surface area (Å²) >= 11 is 3.17. The van der Waals surface area contributed by atoms with Crippen molar-refractivity contribution in [2.75, 3.05) is 5.75 Å². The van der Waals surface area contributed by atoms with Gasteiger partial charge in [0, 0.05) is 22.7 Å². The van der Waals surface area contributed by atoms with Gasteiger partial charge >= 0.3 is 0 Å². The molecule has 2 heterocycles. The van der Waals surface area contributed by atoms with Crippen molar-refractivity contribution in [2.45, 2.75) is 18.2 Å². The normalized spacial score (nSPS) is 11.1. The number of Topliss-reactive ketones (excluding diaryl/α,β-unsaturated/α-hetero) is 1. The number of thiazole rings is 1. The molecule has 0 atom stereocenters. The molecule has 1 aromatic carbocycles. The van der Waals surface area contributed by atoms with Gasteiger partial charge in [0.2, 0.25) is 0 Å². The Kier molecular flexibility index (Phi) is 3.89. The molecule has 2 aromatic heterocycles. The number of nitrogens with zero attached hydrogens (tertiary/aromatic N) is 2. The summed E-state index contributed by atoms with van der Waals surface area (Å²) in [6.45, 7) is 2.06. The molecule has 5 heteroatoms. The van der Waals surface area contributed by atoms with Crippen LogP contribution in [-0.4, -0.2) is 20.9 Å². The monoisotopic (exact) mass is 302 g/mol. The fraction of sp³-hybridized carbons (Fsp3) is 0.200. The molecule has 0 bridgehead atoms. The molecule has 102 valence electrons. The maximum Gasteiger partial charge on any atom is 0.193 e. The van der Waals surface area contributed by atoms with Gasteiger partial charge < -0.3 is 0 Å². The van der Waals surface area contributed by atoms with E-state index in [1.807, 2.05) is 34.3 Å². The molecule has 0 amide bonds. The van der Waals surface area contributed by atoms with Crippen LogP contribution in [0, 0.1) is 6.92 Å². The molecule has 3 aromatic rings. The lowest BCUT2D eigenvalue weighted by atomic mass is 10.2. The molecular weight excluding hydrogens is 288 g/mol. The third-order valence-corrected chi connectivity index (χ3v) is 4.74. The van der Waals surface area contributed by atoms with Gasteiger partial charge in [-0.2, -0.15) is 0 Å². The highest BCUT2D eigenvalue weighted by molar-refractivity contribution is 8.00. The number of ketones is 1. The lowest BCUT2D eigenvalue weighted by Gasteiger charge is -2.01. The van der Waals surface area contributed by atoms with E-state index >= 15 is 0 Å². The van der Waals surface area contributed by atoms with E-state index in [0.717, 1.165) is 15.6 Å². The molecule has 0 aliphatic carbocycles. The van der Waals surface area contributed by atoms with Crippen LogP contribution in [0.4, 0.5) is 0 Å². The van der Waals surface area contributed by atoms with Crippen molar-refractivity contribution in [3.8, 4) is 0 Å². The van der Waals surface area contributed by atoms with Gasteiger partial charge in [0.25, 0.3) is 0 Å². The van der Waals surface area contributed by atoms with E-state index in [4.69, 9.17) is 0 Å². The van der Waals surface area contributed by atoms with Crippen molar-refractivity contribution in [3.05, 3.63) is 53.3 Å². The molecule has 0 saturated heterocycles. The van der Waals surface area contributed by atoms with Crippen LogP contribution >= 0.6 is 23.1 Å². The number of imidazole rings is 1. The number of carbonyl (C=O) groups excluding carboxylic acids is 1. The summed E-state index contributed by atoms with van der Waals surface area (Å²) in [5.41, 5.74) is 2.07. The van der Waals surface area contributed by atoms with Crippen LogP contribution in [0.2, 0.25) is 0 Å². The summed E-state index contributed by atoms with van der Waals surface area (Å²) in [6.07, 6.45) is 4.30. The third kappa shape index (κ3) is 3.11. The second kappa shape index (κ2) is 5.81. The number of benzene rings is 1. The molecule has 0 N–H and O–H groups in total. The highest BCUT2D eigenvalue weighted by Gasteiger charge is 2.09. The first-order valence-corrected chi connectivity index (χ1v) is 8.19. The summed E-state index contributed by atoms with van der Waals surface area (Å²) in [4.78, 5) is 18.5. The second-order valence-corrected chi connectivity index (χ2v) is 6.57. The summed E-state index contributed by atoms with van der Waals surface area (Å²) < 4.78 is 1.96. The zero-order valence-electron chi connectivity index (χ0n) is 11.1. The van der Waals surface area contributed by atoms with Gasteiger partial charge in [0.1, 0.15) is 5.78 Å². The Balaban J connectivity index is 1.58. The van der Waals surface area contributed by atoms with Crippen molar-refractivity contribution < 1.29 is 4.79 Å². The maximum absolute atomic E-state index is 12.0. The summed E-state index contributed by atoms with van der Waals surface area (Å²) in [5, 5.41) is 1.99. The van der Waals surface area contributed by atoms with E-state index in [1.54, 1.807) is 23.1 Å². The van der Waals surface area contributed by atoms with Crippen LogP contribution in [0.3, 0.4) is 0 Å². The zero-order valence-corrected chi connectivity index (χ0v) is 12.7. The SMILES string of the molecule is Cc1cccc(SCC(=O)Cc2cn3ccsc3n2)c1. The average Bonchev–Trinajstić information content (AvgIpc) is 2.97. The lowest BCUT2D eigenvalue weighted by molar-refractivity contribution is -0.116. The minimum atomic E-state index is 0.210. The topological polar surface area (TPSA) is 34.4 Å². The van der Waals surface area contributed by atoms with E-state index in [2.05, 4.69) is 24.0 Å². The Labute approximate surface area is 125 Å². The van der Waals surface area contributed by atoms with Crippen molar-refractivity contribution >= 4 is 33.8 Å². The number of aromatic nitrogens is 2. The molecule has 0 aliphatic heterocycles. The Morgan fingerprint density at radius 1 is 1.45 bits per heavy atom. The number of fused-ring (bicyclic) bond motifs is 1. The van der Waals surface area contributed by atoms with Gasteiger partial charge in [-0.15, -0.1) is 23.1 Å². The minimum absolute atomic E-state index is 0.210. The van der Waals surface area contributed by atoms with Crippen LogP contribution in [0.5, 0.6) is 0 Å². The molecule has 0 saturated carbocycles. The smallest absolute Gasteiger partial charge is 0.193 e. The van der Waals surface area contributed by atoms with E-state index in [-0.39, 0.29) is 5.78 Å². The van der Waals surface area contributed by atoms with Crippen LogP contribution < -0.4 is 0 Å². The highest BCUT2D eigenvalue weighted by atomic mass is 32.2. The molecule has 0 radical (unpaired) electrons. The van der Waals surface area contributed by atoms with Gasteiger partial charge in [-0.25, -0.2) is 4.98 Å². The molecule has 0 unspecified atom stereocenters. The third-order valence-electron chi connectivity index (χ3n) is 2.91. The second-order valence-electron chi connectivity index (χ2n) is 4.65. The Morgan fingerprint density at radius 3 is 3.15 bits per heavy atom. The van der Waals surface area contributed by atoms with Crippen molar-refractivity contribution in [3.63, 3.8) is 0 Å². The number of rotatable bonds is 5. The van der Waals surface area contributed by atoms with E-state index < -0.39 is 0 Å². The quantitative estimate of drug-likeness (QED) is 0.675. The molecule has 3 nitrogen and oxygen atoms in total. The van der Waals surface area contributed by atoms with Gasteiger partial charge in [0.15, 0.2) is 4.96 Å². The van der Waals surface area contributed by atoms with E-state index in [0.29, 0.717) is 12.2 Å². The number of aryl methyl sites for hydroxylation is 1. The standard InChI is InChI=1S/C15H14N2OS2/c1-11-3-2-4-14(7-11)20-10-13(18)8-12-9-17-5-6-19-15(17)16-12/h2-7,9H,8,10H2,1H3. The Bertz CT molecular complexity index is 717. The summed E-state index contributed by atoms with van der Waals surface area (Å²) in [5.74, 6) is 0.705. The van der Waals surface area contributed by atoms with Crippen LogP contribution in [-0.2, 0) is 11.2 Å². The van der Waals surface area contributed by atoms with Crippen LogP contribution in [0.15, 0.2) is 46.9 Å². The lowest BCUT2D eigenvalue weighted by Crippen LogP contribution is -2.05. The molecule has 0 spiro atoms. The zero-order chi connectivity index (χ0) is 13.9. The number of hydrogen-bond donors (Lipinski definition) is 0. The fourth-order valence-electron chi connectivity index (χ4n) is 1.98. The van der Waals surface area contributed by atoms with Crippen LogP contribution in [0.1, 0.15) is 11.3 Å². The van der Waals surface area contributed by atoms with E-state index in [1.165, 1.54) is 5.56 Å². The van der Waals surface area contributed by atoms with Gasteiger partial charge in [-0.1, -0.05) is 17.7 Å². The molecule has 0 aliphatic rings. The molecular formula is C15H14N2OS2. The van der Waals surface area contributed by atoms with Crippen molar-refractivity contribution in [2.24, 2.45) is 0 Å². The van der Waals surface area contributed by atoms with Crippen molar-refractivity contribution in [1.29, 1.82) is 0 Å². The number of thioether (sulfide) groups is 1. The first-order valence-electron chi connectivity index (χ1n) is 6.33. The number of hydrogen-bond acceptors (Lipinski definition) is 4. The maximum atomic E-state index is 12.0. The Morgan fingerprint density at radius 2 is 2.35 bits per heavy atom. The highest BCUT2D eigenvalue weighted by Crippen LogP contribution is 2.19. The molecule has 0 fully saturated rings. The molecule has 20 heavy (non-hydrogen) atoms. The predicted molar refractivity (Wildman–Crippen MR) is 83.7 cm³/mol. The summed E-state index contributed by atoms with van der Waals surface area (Å²) in [7, 11) is 0. The average molecular weight is 302 g/mol. The van der Waals surface area contributed by atoms with Gasteiger partial charge in [-0.3, -0.25) is 9.20 Å². The Hall–Kier alpha value is -1.59. The van der Waals surface area contributed by atoms with Gasteiger partial charge in [-0.05, 0) is 19.1 Å². The molecule has 3 rings (SSSR count). The largest absolute Gasteiger partial charge is 0.298 e. The fourth-order valence-corrected chi connectivity index (χ4v) is 3.58. The van der Waals surface area contributed by atoms with Crippen LogP contribution in [0.25, 0.3) is 4.96 Å². The van der Waals surface area contributed by atoms with E-state index in [9.17, 15) is 4.79 Å². The predicted octanol–water partition coefficient (Wildman–Crippen LogP) is 3.61. The summed E-state index contributed by atoms with van der Waals surface area (Å²) in [6, 6.07) is 8.22. The van der Waals surface area contributed by atoms with Gasteiger partial charge in [0.05, 0.1) is 17.9 Å². The number of carbonyl (C=O) groups is 1. The first-order chi connectivity index (χ1) is 9.70. The van der Waals surface area contributed by atoms with Crippen molar-refractivity contribution in [1.82, 2.24) is 9.38 Å². The first kappa shape index (κ1) is 13.4.